The summed E-state index contributed by atoms with van der Waals surface area (Å²) in [6, 6.07) is -0.533. The summed E-state index contributed by atoms with van der Waals surface area (Å²) < 4.78 is 18.2. The van der Waals surface area contributed by atoms with Crippen LogP contribution in [-0.2, 0) is 4.74 Å². The first-order valence-corrected chi connectivity index (χ1v) is 5.86. The number of carbonyl (C=O) groups is 1. The van der Waals surface area contributed by atoms with Crippen molar-refractivity contribution >= 4 is 17.2 Å². The SMILES string of the molecule is Cc1nc(C)c(C(=O)NC2COCC2F)s1. The van der Waals surface area contributed by atoms with Gasteiger partial charge in [-0.1, -0.05) is 0 Å². The van der Waals surface area contributed by atoms with Crippen LogP contribution in [0.15, 0.2) is 0 Å². The summed E-state index contributed by atoms with van der Waals surface area (Å²) in [7, 11) is 0. The van der Waals surface area contributed by atoms with E-state index in [-0.39, 0.29) is 19.1 Å². The Morgan fingerprint density at radius 2 is 2.31 bits per heavy atom. The van der Waals surface area contributed by atoms with Crippen LogP contribution in [0, 0.1) is 13.8 Å². The topological polar surface area (TPSA) is 51.2 Å². The summed E-state index contributed by atoms with van der Waals surface area (Å²) >= 11 is 1.32. The molecule has 0 radical (unpaired) electrons. The summed E-state index contributed by atoms with van der Waals surface area (Å²) in [5.74, 6) is -0.263. The minimum absolute atomic E-state index is 0.0612. The molecule has 1 aromatic rings. The van der Waals surface area contributed by atoms with Crippen molar-refractivity contribution in [3.05, 3.63) is 15.6 Å². The molecule has 2 atom stereocenters. The Kier molecular flexibility index (Phi) is 3.20. The third kappa shape index (κ3) is 2.22. The summed E-state index contributed by atoms with van der Waals surface area (Å²) in [6.45, 7) is 3.91. The van der Waals surface area contributed by atoms with Gasteiger partial charge in [0.05, 0.1) is 30.0 Å². The van der Waals surface area contributed by atoms with Crippen molar-refractivity contribution in [3.63, 3.8) is 0 Å². The van der Waals surface area contributed by atoms with E-state index in [1.807, 2.05) is 6.92 Å². The molecule has 0 aromatic carbocycles. The highest BCUT2D eigenvalue weighted by molar-refractivity contribution is 7.13. The molecule has 4 nitrogen and oxygen atoms in total. The summed E-state index contributed by atoms with van der Waals surface area (Å²) in [4.78, 5) is 16.5. The summed E-state index contributed by atoms with van der Waals surface area (Å²) in [5, 5.41) is 3.47. The van der Waals surface area contributed by atoms with Gasteiger partial charge in [-0.2, -0.15) is 0 Å². The van der Waals surface area contributed by atoms with Crippen LogP contribution in [0.5, 0.6) is 0 Å². The van der Waals surface area contributed by atoms with Crippen molar-refractivity contribution in [1.82, 2.24) is 10.3 Å². The van der Waals surface area contributed by atoms with Gasteiger partial charge in [0.2, 0.25) is 0 Å². The molecule has 0 aliphatic carbocycles. The minimum Gasteiger partial charge on any atom is -0.376 e. The molecule has 6 heteroatoms. The number of carbonyl (C=O) groups excluding carboxylic acids is 1. The van der Waals surface area contributed by atoms with Crippen molar-refractivity contribution < 1.29 is 13.9 Å². The molecule has 2 heterocycles. The fourth-order valence-corrected chi connectivity index (χ4v) is 2.46. The third-order valence-corrected chi connectivity index (χ3v) is 3.51. The average Bonchev–Trinajstić information content (AvgIpc) is 2.74. The molecule has 16 heavy (non-hydrogen) atoms. The number of hydrogen-bond donors (Lipinski definition) is 1. The highest BCUT2D eigenvalue weighted by Gasteiger charge is 2.30. The highest BCUT2D eigenvalue weighted by atomic mass is 32.1. The quantitative estimate of drug-likeness (QED) is 0.851. The van der Waals surface area contributed by atoms with Gasteiger partial charge >= 0.3 is 0 Å². The number of rotatable bonds is 2. The number of nitrogens with one attached hydrogen (secondary N) is 1. The molecule has 1 amide bonds. The molecular formula is C10H13FN2O2S. The molecule has 0 saturated carbocycles. The molecule has 1 fully saturated rings. The Labute approximate surface area is 96.8 Å². The molecule has 2 rings (SSSR count). The lowest BCUT2D eigenvalue weighted by Gasteiger charge is -2.12. The van der Waals surface area contributed by atoms with Crippen LogP contribution >= 0.6 is 11.3 Å². The van der Waals surface area contributed by atoms with Crippen molar-refractivity contribution in [2.45, 2.75) is 26.1 Å². The number of aromatic nitrogens is 1. The first-order valence-electron chi connectivity index (χ1n) is 5.04. The van der Waals surface area contributed by atoms with Crippen molar-refractivity contribution in [1.29, 1.82) is 0 Å². The highest BCUT2D eigenvalue weighted by Crippen LogP contribution is 2.18. The number of halogens is 1. The smallest absolute Gasteiger partial charge is 0.263 e. The van der Waals surface area contributed by atoms with Gasteiger partial charge in [-0.25, -0.2) is 9.37 Å². The van der Waals surface area contributed by atoms with Crippen LogP contribution in [0.2, 0.25) is 0 Å². The zero-order valence-electron chi connectivity index (χ0n) is 9.12. The van der Waals surface area contributed by atoms with Crippen molar-refractivity contribution in [3.8, 4) is 0 Å². The van der Waals surface area contributed by atoms with E-state index in [1.54, 1.807) is 6.92 Å². The van der Waals surface area contributed by atoms with Gasteiger partial charge in [0.15, 0.2) is 0 Å². The van der Waals surface area contributed by atoms with E-state index >= 15 is 0 Å². The van der Waals surface area contributed by atoms with E-state index in [1.165, 1.54) is 11.3 Å². The van der Waals surface area contributed by atoms with E-state index in [2.05, 4.69) is 10.3 Å². The lowest BCUT2D eigenvalue weighted by atomic mass is 10.2. The number of alkyl halides is 1. The zero-order valence-corrected chi connectivity index (χ0v) is 9.94. The van der Waals surface area contributed by atoms with Gasteiger partial charge in [-0.15, -0.1) is 11.3 Å². The number of thiazole rings is 1. The predicted molar refractivity (Wildman–Crippen MR) is 58.6 cm³/mol. The van der Waals surface area contributed by atoms with E-state index < -0.39 is 12.2 Å². The molecule has 88 valence electrons. The van der Waals surface area contributed by atoms with Crippen molar-refractivity contribution in [2.24, 2.45) is 0 Å². The Morgan fingerprint density at radius 3 is 2.81 bits per heavy atom. The Morgan fingerprint density at radius 1 is 1.56 bits per heavy atom. The van der Waals surface area contributed by atoms with E-state index in [4.69, 9.17) is 4.74 Å². The number of amides is 1. The molecule has 1 N–H and O–H groups in total. The normalized spacial score (nSPS) is 24.7. The Bertz CT molecular complexity index is 408. The molecule has 0 spiro atoms. The molecule has 0 bridgehead atoms. The minimum atomic E-state index is -1.11. The average molecular weight is 244 g/mol. The molecule has 1 aromatic heterocycles. The summed E-state index contributed by atoms with van der Waals surface area (Å²) in [5.41, 5.74) is 0.689. The Balaban J connectivity index is 2.05. The first-order chi connectivity index (χ1) is 7.58. The van der Waals surface area contributed by atoms with Gasteiger partial charge in [0.1, 0.15) is 11.0 Å². The van der Waals surface area contributed by atoms with E-state index in [0.29, 0.717) is 10.6 Å². The molecule has 1 saturated heterocycles. The lowest BCUT2D eigenvalue weighted by Crippen LogP contribution is -2.40. The third-order valence-electron chi connectivity index (χ3n) is 2.44. The Hall–Kier alpha value is -1.01. The van der Waals surface area contributed by atoms with E-state index in [0.717, 1.165) is 5.01 Å². The van der Waals surface area contributed by atoms with Gasteiger partial charge in [-0.3, -0.25) is 4.79 Å². The van der Waals surface area contributed by atoms with Gasteiger partial charge in [-0.05, 0) is 13.8 Å². The fourth-order valence-electron chi connectivity index (χ4n) is 1.64. The van der Waals surface area contributed by atoms with Crippen molar-refractivity contribution in [2.75, 3.05) is 13.2 Å². The lowest BCUT2D eigenvalue weighted by molar-refractivity contribution is 0.0924. The van der Waals surface area contributed by atoms with Gasteiger partial charge < -0.3 is 10.1 Å². The number of ether oxygens (including phenoxy) is 1. The second-order valence-corrected chi connectivity index (χ2v) is 4.98. The molecule has 1 aliphatic heterocycles. The fraction of sp³-hybridized carbons (Fsp3) is 0.600. The van der Waals surface area contributed by atoms with Crippen LogP contribution in [0.1, 0.15) is 20.4 Å². The molecule has 2 unspecified atom stereocenters. The van der Waals surface area contributed by atoms with Crippen LogP contribution in [0.3, 0.4) is 0 Å². The second kappa shape index (κ2) is 4.47. The predicted octanol–water partition coefficient (Wildman–Crippen LogP) is 1.23. The maximum Gasteiger partial charge on any atom is 0.263 e. The molecular weight excluding hydrogens is 231 g/mol. The standard InChI is InChI=1S/C10H13FN2O2S/c1-5-9(16-6(2)12-5)10(14)13-8-4-15-3-7(8)11/h7-8H,3-4H2,1-2H3,(H,13,14). The van der Waals surface area contributed by atoms with Gasteiger partial charge in [0.25, 0.3) is 5.91 Å². The van der Waals surface area contributed by atoms with Crippen LogP contribution in [0.25, 0.3) is 0 Å². The van der Waals surface area contributed by atoms with Crippen LogP contribution in [0.4, 0.5) is 4.39 Å². The maximum atomic E-state index is 13.2. The zero-order chi connectivity index (χ0) is 11.7. The van der Waals surface area contributed by atoms with Crippen LogP contribution in [-0.4, -0.2) is 36.3 Å². The number of nitrogens with zero attached hydrogens (tertiary/aromatic N) is 1. The van der Waals surface area contributed by atoms with Gasteiger partial charge in [0, 0.05) is 0 Å². The summed E-state index contributed by atoms with van der Waals surface area (Å²) in [6.07, 6.45) is -1.11. The number of hydrogen-bond acceptors (Lipinski definition) is 4. The second-order valence-electron chi connectivity index (χ2n) is 3.78. The maximum absolute atomic E-state index is 13.2. The largest absolute Gasteiger partial charge is 0.376 e. The van der Waals surface area contributed by atoms with E-state index in [9.17, 15) is 9.18 Å². The van der Waals surface area contributed by atoms with Crippen LogP contribution < -0.4 is 5.32 Å². The first kappa shape index (κ1) is 11.5. The number of aryl methyl sites for hydroxylation is 2. The molecule has 1 aliphatic rings. The monoisotopic (exact) mass is 244 g/mol.